The Kier molecular flexibility index (Phi) is 10.9. The van der Waals surface area contributed by atoms with E-state index in [1.165, 1.54) is 53.8 Å². The zero-order valence-corrected chi connectivity index (χ0v) is 42.1. The van der Waals surface area contributed by atoms with Crippen LogP contribution in [-0.4, -0.2) is 12.6 Å². The summed E-state index contributed by atoms with van der Waals surface area (Å²) in [6, 6.07) is 110. The number of benzene rings is 12. The Hall–Kier alpha value is -9.54. The number of rotatable bonds is 10. The lowest BCUT2D eigenvalue weighted by Crippen LogP contribution is -2.74. The minimum absolute atomic E-state index is 0.898. The van der Waals surface area contributed by atoms with Crippen LogP contribution < -0.4 is 20.7 Å². The smallest absolute Gasteiger partial charge is 0.179 e. The second-order valence-electron chi connectivity index (χ2n) is 19.5. The molecule has 0 bridgehead atoms. The summed E-state index contributed by atoms with van der Waals surface area (Å²) in [7, 11) is -3.27. The number of nitrogens with zero attached hydrogens (tertiary/aromatic N) is 1. The van der Waals surface area contributed by atoms with Gasteiger partial charge in [0.2, 0.25) is 0 Å². The molecule has 2 nitrogen and oxygen atoms in total. The molecule has 0 radical (unpaired) electrons. The molecule has 0 aliphatic carbocycles. The summed E-state index contributed by atoms with van der Waals surface area (Å²) in [6.45, 7) is 0. The number of aromatic nitrogens is 1. The number of furan rings is 1. The highest BCUT2D eigenvalue weighted by Gasteiger charge is 2.43. The fourth-order valence-corrected chi connectivity index (χ4v) is 16.8. The molecule has 2 aromatic heterocycles. The quantitative estimate of drug-likeness (QED) is 0.0986. The van der Waals surface area contributed by atoms with Crippen LogP contribution >= 0.6 is 0 Å². The lowest BCUT2D eigenvalue weighted by Gasteiger charge is -2.36. The largest absolute Gasteiger partial charge is 0.455 e. The maximum absolute atomic E-state index is 6.63. The minimum Gasteiger partial charge on any atom is -0.455 e. The van der Waals surface area contributed by atoms with E-state index in [-0.39, 0.29) is 0 Å². The molecule has 75 heavy (non-hydrogen) atoms. The van der Waals surface area contributed by atoms with E-state index in [0.717, 1.165) is 72.0 Å². The molecule has 14 aromatic rings. The van der Waals surface area contributed by atoms with Crippen molar-refractivity contribution in [1.82, 2.24) is 4.57 Å². The summed E-state index contributed by atoms with van der Waals surface area (Å²) in [6.07, 6.45) is 0. The average Bonchev–Trinajstić information content (AvgIpc) is 4.09. The van der Waals surface area contributed by atoms with Crippen molar-refractivity contribution in [2.24, 2.45) is 0 Å². The van der Waals surface area contributed by atoms with Crippen molar-refractivity contribution in [2.45, 2.75) is 0 Å². The van der Waals surface area contributed by atoms with Gasteiger partial charge in [-0.3, -0.25) is 0 Å². The summed E-state index contributed by atoms with van der Waals surface area (Å²) in [4.78, 5) is 0. The Morgan fingerprint density at radius 2 is 0.707 bits per heavy atom. The Bertz CT molecular complexity index is 4220. The maximum Gasteiger partial charge on any atom is 0.179 e. The van der Waals surface area contributed by atoms with Crippen molar-refractivity contribution in [3.05, 3.63) is 297 Å². The van der Waals surface area contributed by atoms with Crippen LogP contribution in [0.4, 0.5) is 0 Å². The van der Waals surface area contributed by atoms with E-state index < -0.39 is 8.07 Å². The van der Waals surface area contributed by atoms with Crippen molar-refractivity contribution < 1.29 is 4.42 Å². The van der Waals surface area contributed by atoms with Crippen molar-refractivity contribution >= 4 is 72.6 Å². The molecule has 0 aliphatic heterocycles. The van der Waals surface area contributed by atoms with E-state index in [2.05, 4.69) is 296 Å². The molecule has 0 amide bonds. The first-order valence-corrected chi connectivity index (χ1v) is 27.8. The molecule has 0 saturated carbocycles. The first kappa shape index (κ1) is 44.2. The van der Waals surface area contributed by atoms with E-state index in [1.54, 1.807) is 0 Å². The first-order valence-electron chi connectivity index (χ1n) is 25.8. The van der Waals surface area contributed by atoms with Crippen molar-refractivity contribution in [3.63, 3.8) is 0 Å². The number of para-hydroxylation sites is 3. The van der Waals surface area contributed by atoms with Crippen molar-refractivity contribution in [2.75, 3.05) is 0 Å². The van der Waals surface area contributed by atoms with Gasteiger partial charge in [-0.2, -0.15) is 0 Å². The summed E-state index contributed by atoms with van der Waals surface area (Å²) in [5, 5.41) is 9.87. The van der Waals surface area contributed by atoms with Crippen LogP contribution in [0.2, 0.25) is 0 Å². The third kappa shape index (κ3) is 7.47. The summed E-state index contributed by atoms with van der Waals surface area (Å²) in [5.41, 5.74) is 16.8. The highest BCUT2D eigenvalue weighted by Crippen LogP contribution is 2.44. The van der Waals surface area contributed by atoms with Crippen LogP contribution in [0.3, 0.4) is 0 Å². The van der Waals surface area contributed by atoms with Crippen molar-refractivity contribution in [1.29, 1.82) is 0 Å². The van der Waals surface area contributed by atoms with E-state index in [9.17, 15) is 0 Å². The highest BCUT2D eigenvalue weighted by molar-refractivity contribution is 7.20. The van der Waals surface area contributed by atoms with Crippen LogP contribution in [-0.2, 0) is 0 Å². The molecule has 12 aromatic carbocycles. The Balaban J connectivity index is 1.11. The van der Waals surface area contributed by atoms with Crippen LogP contribution in [0.15, 0.2) is 302 Å². The zero-order chi connectivity index (χ0) is 49.7. The molecule has 14 rings (SSSR count). The fourth-order valence-electron chi connectivity index (χ4n) is 11.9. The van der Waals surface area contributed by atoms with Crippen molar-refractivity contribution in [3.8, 4) is 61.3 Å². The number of fused-ring (bicyclic) bond motifs is 6. The van der Waals surface area contributed by atoms with E-state index in [4.69, 9.17) is 4.42 Å². The molecule has 0 unspecified atom stereocenters. The van der Waals surface area contributed by atoms with Crippen LogP contribution in [0.5, 0.6) is 0 Å². The summed E-state index contributed by atoms with van der Waals surface area (Å²) >= 11 is 0. The maximum atomic E-state index is 6.63. The van der Waals surface area contributed by atoms with Crippen LogP contribution in [0.1, 0.15) is 0 Å². The van der Waals surface area contributed by atoms with Crippen LogP contribution in [0, 0.1) is 0 Å². The molecule has 0 saturated heterocycles. The SMILES string of the molecule is c1ccc(-c2cc(-c3ccccc3)cc([Si](c3ccccc3)(c3ccccc3)c3cc(-c4ccccc4)c(-n4c5ccccc5c5cc(-c6cccc7c6oc6ccccc67)ccc54)c(-c4ccccc4)c3)c2)cc1. The zero-order valence-electron chi connectivity index (χ0n) is 41.1. The predicted octanol–water partition coefficient (Wildman–Crippen LogP) is 16.4. The number of hydrogen-bond donors (Lipinski definition) is 0. The second-order valence-corrected chi connectivity index (χ2v) is 23.3. The van der Waals surface area contributed by atoms with Gasteiger partial charge in [0.05, 0.1) is 16.7 Å². The molecule has 0 fully saturated rings. The van der Waals surface area contributed by atoms with Gasteiger partial charge in [0.15, 0.2) is 8.07 Å². The molecule has 0 spiro atoms. The van der Waals surface area contributed by atoms with Gasteiger partial charge < -0.3 is 8.98 Å². The number of hydrogen-bond acceptors (Lipinski definition) is 1. The van der Waals surface area contributed by atoms with Gasteiger partial charge in [-0.25, -0.2) is 0 Å². The van der Waals surface area contributed by atoms with Gasteiger partial charge in [-0.05, 0) is 90.0 Å². The summed E-state index contributed by atoms with van der Waals surface area (Å²) in [5.74, 6) is 0. The average molecular weight is 972 g/mol. The lowest BCUT2D eigenvalue weighted by atomic mass is 9.95. The van der Waals surface area contributed by atoms with Crippen LogP contribution in [0.25, 0.3) is 105 Å². The van der Waals surface area contributed by atoms with Gasteiger partial charge in [-0.1, -0.05) is 267 Å². The van der Waals surface area contributed by atoms with Gasteiger partial charge in [0.1, 0.15) is 11.2 Å². The highest BCUT2D eigenvalue weighted by atomic mass is 28.3. The van der Waals surface area contributed by atoms with E-state index >= 15 is 0 Å². The van der Waals surface area contributed by atoms with Gasteiger partial charge >= 0.3 is 0 Å². The Morgan fingerprint density at radius 3 is 1.28 bits per heavy atom. The van der Waals surface area contributed by atoms with Gasteiger partial charge in [0, 0.05) is 38.2 Å². The van der Waals surface area contributed by atoms with Gasteiger partial charge in [-0.15, -0.1) is 0 Å². The first-order chi connectivity index (χ1) is 37.2. The molecular formula is C72H49NOSi. The monoisotopic (exact) mass is 971 g/mol. The molecule has 0 aliphatic rings. The molecule has 0 atom stereocenters. The Morgan fingerprint density at radius 1 is 0.253 bits per heavy atom. The molecular weight excluding hydrogens is 923 g/mol. The van der Waals surface area contributed by atoms with E-state index in [1.807, 2.05) is 6.07 Å². The topological polar surface area (TPSA) is 18.1 Å². The fraction of sp³-hybridized carbons (Fsp3) is 0. The second kappa shape index (κ2) is 18.5. The minimum atomic E-state index is -3.27. The lowest BCUT2D eigenvalue weighted by molar-refractivity contribution is 0.670. The van der Waals surface area contributed by atoms with E-state index in [0.29, 0.717) is 0 Å². The van der Waals surface area contributed by atoms with Gasteiger partial charge in [0.25, 0.3) is 0 Å². The summed E-state index contributed by atoms with van der Waals surface area (Å²) < 4.78 is 9.18. The third-order valence-electron chi connectivity index (χ3n) is 15.3. The molecule has 352 valence electrons. The normalized spacial score (nSPS) is 11.7. The third-order valence-corrected chi connectivity index (χ3v) is 20.0. The molecule has 2 heterocycles. The Labute approximate surface area is 437 Å². The molecule has 3 heteroatoms. The molecule has 0 N–H and O–H groups in total. The standard InChI is InChI=1S/C72H49NOSi/c1-7-24-50(25-8-1)55-44-56(51-26-9-2-10-27-51)46-59(45-55)75(57-32-15-5-16-33-57,58-34-17-6-18-35-58)60-48-65(52-28-11-3-12-29-52)71(66(49-60)53-30-13-4-14-31-53)73-68-40-21-19-36-62(68)67-47-54(42-43-69(67)73)61-38-23-39-64-63-37-20-22-41-70(63)74-72(61)64/h1-49H. The predicted molar refractivity (Wildman–Crippen MR) is 319 cm³/mol.